The first kappa shape index (κ1) is 13.2. The summed E-state index contributed by atoms with van der Waals surface area (Å²) in [6.45, 7) is 1.38. The van der Waals surface area contributed by atoms with Gasteiger partial charge in [0.05, 0.1) is 6.20 Å². The molecule has 0 radical (unpaired) electrons. The Morgan fingerprint density at radius 2 is 2.19 bits per heavy atom. The van der Waals surface area contributed by atoms with Gasteiger partial charge in [-0.15, -0.1) is 0 Å². The fourth-order valence-corrected chi connectivity index (χ4v) is 2.27. The van der Waals surface area contributed by atoms with Gasteiger partial charge in [-0.25, -0.2) is 9.37 Å². The summed E-state index contributed by atoms with van der Waals surface area (Å²) in [4.78, 5) is 16.0. The molecule has 6 heteroatoms. The Kier molecular flexibility index (Phi) is 3.13. The molecule has 3 rings (SSSR count). The van der Waals surface area contributed by atoms with Crippen molar-refractivity contribution in [1.82, 2.24) is 14.6 Å². The smallest absolute Gasteiger partial charge is 0.219 e. The van der Waals surface area contributed by atoms with Crippen molar-refractivity contribution in [2.24, 2.45) is 0 Å². The molecule has 2 heterocycles. The van der Waals surface area contributed by atoms with E-state index in [9.17, 15) is 14.3 Å². The van der Waals surface area contributed by atoms with Crippen LogP contribution < -0.4 is 0 Å². The summed E-state index contributed by atoms with van der Waals surface area (Å²) in [5.41, 5.74) is 1.54. The van der Waals surface area contributed by atoms with Gasteiger partial charge in [-0.05, 0) is 17.7 Å². The van der Waals surface area contributed by atoms with Crippen LogP contribution in [-0.2, 0) is 6.42 Å². The maximum absolute atomic E-state index is 13.3. The Bertz CT molecular complexity index is 842. The second-order valence-electron chi connectivity index (χ2n) is 4.73. The summed E-state index contributed by atoms with van der Waals surface area (Å²) < 4.78 is 14.5. The maximum Gasteiger partial charge on any atom is 0.219 e. The van der Waals surface area contributed by atoms with E-state index in [2.05, 4.69) is 10.1 Å². The normalized spacial score (nSPS) is 11.0. The maximum atomic E-state index is 13.3. The van der Waals surface area contributed by atoms with E-state index in [1.807, 2.05) is 0 Å². The molecule has 0 aliphatic heterocycles. The van der Waals surface area contributed by atoms with Crippen molar-refractivity contribution in [3.8, 4) is 5.88 Å². The van der Waals surface area contributed by atoms with Crippen molar-refractivity contribution < 1.29 is 14.3 Å². The highest BCUT2D eigenvalue weighted by Crippen LogP contribution is 2.25. The molecule has 5 nitrogen and oxygen atoms in total. The van der Waals surface area contributed by atoms with Crippen molar-refractivity contribution >= 4 is 11.4 Å². The number of benzene rings is 1. The number of nitrogens with zero attached hydrogens (tertiary/aromatic N) is 3. The predicted molar refractivity (Wildman–Crippen MR) is 73.9 cm³/mol. The predicted octanol–water partition coefficient (Wildman–Crippen LogP) is 2.37. The van der Waals surface area contributed by atoms with Crippen LogP contribution in [-0.4, -0.2) is 25.5 Å². The molecular weight excluding hydrogens is 273 g/mol. The number of ketones is 1. The minimum absolute atomic E-state index is 0.153. The standard InChI is InChI=1S/C15H12FN3O2/c1-9(20)14-12(8-10-3-2-4-11(16)7-10)15(21)19-13(18-14)5-6-17-19/h2-7,21H,8H2,1H3. The number of fused-ring (bicyclic) bond motifs is 1. The van der Waals surface area contributed by atoms with E-state index in [4.69, 9.17) is 0 Å². The van der Waals surface area contributed by atoms with E-state index >= 15 is 0 Å². The van der Waals surface area contributed by atoms with Gasteiger partial charge in [0.15, 0.2) is 11.4 Å². The highest BCUT2D eigenvalue weighted by molar-refractivity contribution is 5.94. The fourth-order valence-electron chi connectivity index (χ4n) is 2.27. The number of Topliss-reactive ketones (excluding diaryl/α,β-unsaturated/α-hetero) is 1. The fraction of sp³-hybridized carbons (Fsp3) is 0.133. The van der Waals surface area contributed by atoms with Gasteiger partial charge in [0.1, 0.15) is 11.5 Å². The summed E-state index contributed by atoms with van der Waals surface area (Å²) in [5.74, 6) is -0.788. The Labute approximate surface area is 119 Å². The third-order valence-electron chi connectivity index (χ3n) is 3.21. The van der Waals surface area contributed by atoms with Crippen LogP contribution in [0.5, 0.6) is 5.88 Å². The Balaban J connectivity index is 2.17. The number of hydrogen-bond donors (Lipinski definition) is 1. The van der Waals surface area contributed by atoms with Gasteiger partial charge in [-0.2, -0.15) is 9.61 Å². The molecule has 0 fully saturated rings. The van der Waals surface area contributed by atoms with Crippen molar-refractivity contribution in [1.29, 1.82) is 0 Å². The number of halogens is 1. The van der Waals surface area contributed by atoms with Crippen molar-refractivity contribution in [3.63, 3.8) is 0 Å². The summed E-state index contributed by atoms with van der Waals surface area (Å²) in [6, 6.07) is 7.59. The van der Waals surface area contributed by atoms with Crippen LogP contribution in [0, 0.1) is 5.82 Å². The Morgan fingerprint density at radius 1 is 1.38 bits per heavy atom. The van der Waals surface area contributed by atoms with E-state index in [1.54, 1.807) is 18.2 Å². The van der Waals surface area contributed by atoms with Crippen molar-refractivity contribution in [2.45, 2.75) is 13.3 Å². The summed E-state index contributed by atoms with van der Waals surface area (Å²) >= 11 is 0. The van der Waals surface area contributed by atoms with Crippen LogP contribution >= 0.6 is 0 Å². The number of aromatic nitrogens is 3. The highest BCUT2D eigenvalue weighted by Gasteiger charge is 2.18. The van der Waals surface area contributed by atoms with Crippen LogP contribution in [0.25, 0.3) is 5.65 Å². The first-order chi connectivity index (χ1) is 10.1. The number of aromatic hydroxyl groups is 1. The van der Waals surface area contributed by atoms with E-state index in [1.165, 1.54) is 29.8 Å². The highest BCUT2D eigenvalue weighted by atomic mass is 19.1. The van der Waals surface area contributed by atoms with Gasteiger partial charge in [0.25, 0.3) is 0 Å². The largest absolute Gasteiger partial charge is 0.493 e. The van der Waals surface area contributed by atoms with Crippen molar-refractivity contribution in [3.05, 3.63) is 59.2 Å². The molecule has 0 saturated heterocycles. The molecule has 0 aliphatic carbocycles. The number of carbonyl (C=O) groups excluding carboxylic acids is 1. The molecule has 0 spiro atoms. The van der Waals surface area contributed by atoms with Crippen LogP contribution in [0.3, 0.4) is 0 Å². The first-order valence-corrected chi connectivity index (χ1v) is 6.37. The molecule has 0 aliphatic rings. The van der Waals surface area contributed by atoms with Gasteiger partial charge >= 0.3 is 0 Å². The summed E-state index contributed by atoms with van der Waals surface area (Å²) in [7, 11) is 0. The first-order valence-electron chi connectivity index (χ1n) is 6.37. The minimum Gasteiger partial charge on any atom is -0.493 e. The molecule has 21 heavy (non-hydrogen) atoms. The summed E-state index contributed by atoms with van der Waals surface area (Å²) in [5, 5.41) is 14.3. The molecule has 0 unspecified atom stereocenters. The zero-order chi connectivity index (χ0) is 15.0. The number of rotatable bonds is 3. The van der Waals surface area contributed by atoms with Crippen LogP contribution in [0.1, 0.15) is 28.5 Å². The molecule has 3 aromatic rings. The Hall–Kier alpha value is -2.76. The van der Waals surface area contributed by atoms with E-state index < -0.39 is 0 Å². The molecule has 0 bridgehead atoms. The molecule has 0 saturated carbocycles. The van der Waals surface area contributed by atoms with Gasteiger partial charge in [-0.1, -0.05) is 12.1 Å². The van der Waals surface area contributed by atoms with E-state index in [0.29, 0.717) is 16.8 Å². The van der Waals surface area contributed by atoms with Gasteiger partial charge < -0.3 is 5.11 Å². The van der Waals surface area contributed by atoms with Gasteiger partial charge in [-0.3, -0.25) is 4.79 Å². The lowest BCUT2D eigenvalue weighted by Gasteiger charge is -2.10. The lowest BCUT2D eigenvalue weighted by atomic mass is 10.0. The van der Waals surface area contributed by atoms with E-state index in [0.717, 1.165) is 0 Å². The lowest BCUT2D eigenvalue weighted by molar-refractivity contribution is 0.101. The topological polar surface area (TPSA) is 67.5 Å². The second kappa shape index (κ2) is 4.97. The molecular formula is C15H12FN3O2. The average molecular weight is 285 g/mol. The monoisotopic (exact) mass is 285 g/mol. The quantitative estimate of drug-likeness (QED) is 0.750. The SMILES string of the molecule is CC(=O)c1nc2ccnn2c(O)c1Cc1cccc(F)c1. The molecule has 1 N–H and O–H groups in total. The molecule has 106 valence electrons. The zero-order valence-corrected chi connectivity index (χ0v) is 11.2. The number of carbonyl (C=O) groups is 1. The van der Waals surface area contributed by atoms with Crippen LogP contribution in [0.2, 0.25) is 0 Å². The second-order valence-corrected chi connectivity index (χ2v) is 4.73. The Morgan fingerprint density at radius 3 is 2.90 bits per heavy atom. The van der Waals surface area contributed by atoms with Crippen LogP contribution in [0.15, 0.2) is 36.5 Å². The molecule has 1 aromatic carbocycles. The summed E-state index contributed by atoms with van der Waals surface area (Å²) in [6.07, 6.45) is 1.68. The third-order valence-corrected chi connectivity index (χ3v) is 3.21. The van der Waals surface area contributed by atoms with Crippen molar-refractivity contribution in [2.75, 3.05) is 0 Å². The van der Waals surface area contributed by atoms with Gasteiger partial charge in [0.2, 0.25) is 5.88 Å². The molecule has 0 amide bonds. The third kappa shape index (κ3) is 2.35. The lowest BCUT2D eigenvalue weighted by Crippen LogP contribution is -2.08. The number of hydrogen-bond acceptors (Lipinski definition) is 4. The average Bonchev–Trinajstić information content (AvgIpc) is 2.90. The molecule has 2 aromatic heterocycles. The zero-order valence-electron chi connectivity index (χ0n) is 11.2. The van der Waals surface area contributed by atoms with Crippen LogP contribution in [0.4, 0.5) is 4.39 Å². The van der Waals surface area contributed by atoms with Gasteiger partial charge in [0, 0.05) is 25.0 Å². The van der Waals surface area contributed by atoms with E-state index in [-0.39, 0.29) is 29.6 Å². The minimum atomic E-state index is -0.371. The molecule has 0 atom stereocenters.